The number of hydrogen-bond donors (Lipinski definition) is 1. The molecule has 0 radical (unpaired) electrons. The summed E-state index contributed by atoms with van der Waals surface area (Å²) in [7, 11) is 3.95. The summed E-state index contributed by atoms with van der Waals surface area (Å²) in [6.07, 6.45) is 1.56. The van der Waals surface area contributed by atoms with E-state index in [9.17, 15) is 4.79 Å². The molecule has 1 amide bonds. The summed E-state index contributed by atoms with van der Waals surface area (Å²) in [5.41, 5.74) is 2.35. The fourth-order valence-electron chi connectivity index (χ4n) is 2.67. The van der Waals surface area contributed by atoms with E-state index in [1.165, 1.54) is 0 Å². The molecule has 1 unspecified atom stereocenters. The fraction of sp³-hybridized carbons (Fsp3) is 0.286. The predicted molar refractivity (Wildman–Crippen MR) is 111 cm³/mol. The molecule has 3 aromatic rings. The Balaban J connectivity index is 1.64. The Morgan fingerprint density at radius 2 is 1.93 bits per heavy atom. The molecule has 3 rings (SSSR count). The number of nitrogens with zero attached hydrogens (tertiary/aromatic N) is 3. The standard InChI is InChI=1S/C21H23ClN4O2/c1-14(21(27)23-10-11-26(2)3)15-4-7-17(8-5-15)28-20-13-24-19-12-16(22)6-9-18(19)25-20/h4-9,12-14H,10-11H2,1-3H3,(H,23,27). The molecule has 0 saturated carbocycles. The number of likely N-dealkylation sites (N-methyl/N-ethyl adjacent to an activating group) is 1. The van der Waals surface area contributed by atoms with Gasteiger partial charge in [0.2, 0.25) is 11.8 Å². The number of halogens is 1. The minimum atomic E-state index is -0.235. The molecule has 0 aliphatic carbocycles. The van der Waals surface area contributed by atoms with Crippen LogP contribution in [-0.4, -0.2) is 48.0 Å². The summed E-state index contributed by atoms with van der Waals surface area (Å²) in [4.78, 5) is 23.0. The normalized spacial score (nSPS) is 12.2. The summed E-state index contributed by atoms with van der Waals surface area (Å²) in [5.74, 6) is 0.805. The highest BCUT2D eigenvalue weighted by molar-refractivity contribution is 6.31. The number of fused-ring (bicyclic) bond motifs is 1. The van der Waals surface area contributed by atoms with Gasteiger partial charge in [0.15, 0.2) is 0 Å². The van der Waals surface area contributed by atoms with Crippen LogP contribution in [0.15, 0.2) is 48.7 Å². The average molecular weight is 399 g/mol. The Bertz CT molecular complexity index is 960. The highest BCUT2D eigenvalue weighted by Crippen LogP contribution is 2.24. The largest absolute Gasteiger partial charge is 0.437 e. The van der Waals surface area contributed by atoms with Crippen LogP contribution in [0.5, 0.6) is 11.6 Å². The summed E-state index contributed by atoms with van der Waals surface area (Å²) in [6.45, 7) is 3.33. The van der Waals surface area contributed by atoms with Crippen molar-refractivity contribution in [2.75, 3.05) is 27.2 Å². The molecule has 1 aromatic heterocycles. The third-order valence-electron chi connectivity index (χ3n) is 4.34. The van der Waals surface area contributed by atoms with E-state index in [4.69, 9.17) is 16.3 Å². The van der Waals surface area contributed by atoms with Crippen molar-refractivity contribution in [2.45, 2.75) is 12.8 Å². The van der Waals surface area contributed by atoms with Gasteiger partial charge in [-0.2, -0.15) is 0 Å². The first-order chi connectivity index (χ1) is 13.4. The third kappa shape index (κ3) is 5.18. The molecule has 0 saturated heterocycles. The predicted octanol–water partition coefficient (Wildman–Crippen LogP) is 3.86. The van der Waals surface area contributed by atoms with Gasteiger partial charge in [-0.05, 0) is 56.9 Å². The highest BCUT2D eigenvalue weighted by atomic mass is 35.5. The zero-order chi connectivity index (χ0) is 20.1. The maximum atomic E-state index is 12.3. The number of aromatic nitrogens is 2. The van der Waals surface area contributed by atoms with E-state index in [2.05, 4.69) is 15.3 Å². The molecule has 28 heavy (non-hydrogen) atoms. The van der Waals surface area contributed by atoms with Crippen LogP contribution in [0, 0.1) is 0 Å². The Hall–Kier alpha value is -2.70. The zero-order valence-electron chi connectivity index (χ0n) is 16.1. The van der Waals surface area contributed by atoms with Crippen LogP contribution in [0.1, 0.15) is 18.4 Å². The molecule has 0 fully saturated rings. The van der Waals surface area contributed by atoms with Gasteiger partial charge in [0.25, 0.3) is 0 Å². The number of amides is 1. The van der Waals surface area contributed by atoms with Gasteiger partial charge in [0.05, 0.1) is 23.1 Å². The number of hydrogen-bond acceptors (Lipinski definition) is 5. The molecule has 6 nitrogen and oxygen atoms in total. The molecule has 1 heterocycles. The number of carbonyl (C=O) groups is 1. The lowest BCUT2D eigenvalue weighted by Crippen LogP contribution is -2.33. The maximum Gasteiger partial charge on any atom is 0.238 e. The van der Waals surface area contributed by atoms with Gasteiger partial charge in [-0.15, -0.1) is 0 Å². The van der Waals surface area contributed by atoms with Gasteiger partial charge in [-0.3, -0.25) is 4.79 Å². The second kappa shape index (κ2) is 8.99. The first-order valence-corrected chi connectivity index (χ1v) is 9.43. The Morgan fingerprint density at radius 3 is 2.64 bits per heavy atom. The molecule has 7 heteroatoms. The Morgan fingerprint density at radius 1 is 1.18 bits per heavy atom. The van der Waals surface area contributed by atoms with E-state index in [1.807, 2.05) is 50.2 Å². The van der Waals surface area contributed by atoms with Gasteiger partial charge in [-0.25, -0.2) is 9.97 Å². The fourth-order valence-corrected chi connectivity index (χ4v) is 2.83. The van der Waals surface area contributed by atoms with E-state index in [0.29, 0.717) is 34.2 Å². The van der Waals surface area contributed by atoms with Crippen molar-refractivity contribution in [3.05, 3.63) is 59.2 Å². The summed E-state index contributed by atoms with van der Waals surface area (Å²) in [5, 5.41) is 3.56. The molecule has 0 aliphatic heterocycles. The van der Waals surface area contributed by atoms with Gasteiger partial charge in [0, 0.05) is 18.1 Å². The monoisotopic (exact) mass is 398 g/mol. The van der Waals surface area contributed by atoms with Crippen molar-refractivity contribution in [2.24, 2.45) is 0 Å². The number of benzene rings is 2. The molecule has 2 aromatic carbocycles. The molecular formula is C21H23ClN4O2. The second-order valence-electron chi connectivity index (χ2n) is 6.83. The smallest absolute Gasteiger partial charge is 0.238 e. The number of rotatable bonds is 7. The first kappa shape index (κ1) is 20.0. The molecule has 1 N–H and O–H groups in total. The van der Waals surface area contributed by atoms with E-state index < -0.39 is 0 Å². The van der Waals surface area contributed by atoms with Crippen molar-refractivity contribution in [3.63, 3.8) is 0 Å². The van der Waals surface area contributed by atoms with Crippen molar-refractivity contribution in [1.82, 2.24) is 20.2 Å². The molecule has 0 aliphatic rings. The highest BCUT2D eigenvalue weighted by Gasteiger charge is 2.15. The first-order valence-electron chi connectivity index (χ1n) is 9.05. The van der Waals surface area contributed by atoms with E-state index in [-0.39, 0.29) is 11.8 Å². The van der Waals surface area contributed by atoms with Crippen molar-refractivity contribution >= 4 is 28.5 Å². The third-order valence-corrected chi connectivity index (χ3v) is 4.57. The Labute approximate surface area is 169 Å². The minimum absolute atomic E-state index is 0.00887. The van der Waals surface area contributed by atoms with Crippen LogP contribution < -0.4 is 10.1 Å². The number of nitrogens with one attached hydrogen (secondary N) is 1. The molecule has 146 valence electrons. The van der Waals surface area contributed by atoms with Crippen molar-refractivity contribution < 1.29 is 9.53 Å². The van der Waals surface area contributed by atoms with Crippen LogP contribution >= 0.6 is 11.6 Å². The topological polar surface area (TPSA) is 67.4 Å². The molecular weight excluding hydrogens is 376 g/mol. The molecule has 1 atom stereocenters. The molecule has 0 spiro atoms. The van der Waals surface area contributed by atoms with Gasteiger partial charge in [-0.1, -0.05) is 23.7 Å². The maximum absolute atomic E-state index is 12.3. The quantitative estimate of drug-likeness (QED) is 0.654. The zero-order valence-corrected chi connectivity index (χ0v) is 16.9. The van der Waals surface area contributed by atoms with Crippen LogP contribution in [0.25, 0.3) is 11.0 Å². The van der Waals surface area contributed by atoms with E-state index in [0.717, 1.165) is 12.1 Å². The number of carbonyl (C=O) groups excluding carboxylic acids is 1. The van der Waals surface area contributed by atoms with Crippen LogP contribution in [0.4, 0.5) is 0 Å². The van der Waals surface area contributed by atoms with Crippen LogP contribution in [0.2, 0.25) is 5.02 Å². The van der Waals surface area contributed by atoms with Crippen LogP contribution in [-0.2, 0) is 4.79 Å². The summed E-state index contributed by atoms with van der Waals surface area (Å²) in [6, 6.07) is 12.8. The van der Waals surface area contributed by atoms with Gasteiger partial charge >= 0.3 is 0 Å². The van der Waals surface area contributed by atoms with E-state index >= 15 is 0 Å². The minimum Gasteiger partial charge on any atom is -0.437 e. The lowest BCUT2D eigenvalue weighted by Gasteiger charge is -2.15. The summed E-state index contributed by atoms with van der Waals surface area (Å²) >= 11 is 5.96. The van der Waals surface area contributed by atoms with Crippen molar-refractivity contribution in [3.8, 4) is 11.6 Å². The van der Waals surface area contributed by atoms with Crippen LogP contribution in [0.3, 0.4) is 0 Å². The Kier molecular flexibility index (Phi) is 6.44. The SMILES string of the molecule is CC(C(=O)NCCN(C)C)c1ccc(Oc2cnc3cc(Cl)ccc3n2)cc1. The molecule has 0 bridgehead atoms. The lowest BCUT2D eigenvalue weighted by molar-refractivity contribution is -0.122. The summed E-state index contributed by atoms with van der Waals surface area (Å²) < 4.78 is 5.79. The van der Waals surface area contributed by atoms with Gasteiger partial charge < -0.3 is 15.0 Å². The van der Waals surface area contributed by atoms with E-state index in [1.54, 1.807) is 24.4 Å². The lowest BCUT2D eigenvalue weighted by atomic mass is 10.0. The second-order valence-corrected chi connectivity index (χ2v) is 7.26. The van der Waals surface area contributed by atoms with Crippen molar-refractivity contribution in [1.29, 1.82) is 0 Å². The average Bonchev–Trinajstić information content (AvgIpc) is 2.68. The van der Waals surface area contributed by atoms with Gasteiger partial charge in [0.1, 0.15) is 5.75 Å². The number of ether oxygens (including phenoxy) is 1.